The lowest BCUT2D eigenvalue weighted by molar-refractivity contribution is -0.111. The summed E-state index contributed by atoms with van der Waals surface area (Å²) in [6.07, 6.45) is 11.3. The third-order valence-electron chi connectivity index (χ3n) is 5.58. The molecule has 154 valence electrons. The van der Waals surface area contributed by atoms with Gasteiger partial charge < -0.3 is 0 Å². The van der Waals surface area contributed by atoms with E-state index in [9.17, 15) is 13.6 Å². The van der Waals surface area contributed by atoms with Crippen LogP contribution in [-0.2, 0) is 4.79 Å². The first-order chi connectivity index (χ1) is 15.6. The molecule has 0 atom stereocenters. The van der Waals surface area contributed by atoms with Crippen molar-refractivity contribution in [1.29, 1.82) is 0 Å². The molecule has 5 rings (SSSR count). The lowest BCUT2D eigenvalue weighted by Crippen LogP contribution is -2.11. The second-order valence-electron chi connectivity index (χ2n) is 7.67. The first-order valence-corrected chi connectivity index (χ1v) is 10.3. The SMILES string of the molecule is O=C1C2=Cc3ccccc3C2=CC(C=Cc2ccc(F)cc2)=C1C=Cc1ccc(F)cc1. The van der Waals surface area contributed by atoms with E-state index in [0.29, 0.717) is 11.1 Å². The highest BCUT2D eigenvalue weighted by atomic mass is 19.1. The Kier molecular flexibility index (Phi) is 5.08. The van der Waals surface area contributed by atoms with Gasteiger partial charge in [0.15, 0.2) is 5.78 Å². The van der Waals surface area contributed by atoms with E-state index in [4.69, 9.17) is 0 Å². The van der Waals surface area contributed by atoms with E-state index in [1.54, 1.807) is 36.4 Å². The normalized spacial score (nSPS) is 15.2. The van der Waals surface area contributed by atoms with E-state index in [1.165, 1.54) is 24.3 Å². The van der Waals surface area contributed by atoms with Gasteiger partial charge in [0.1, 0.15) is 11.6 Å². The molecule has 3 heteroatoms. The zero-order valence-electron chi connectivity index (χ0n) is 17.1. The molecule has 32 heavy (non-hydrogen) atoms. The van der Waals surface area contributed by atoms with Crippen molar-refractivity contribution >= 4 is 29.6 Å². The van der Waals surface area contributed by atoms with Gasteiger partial charge in [-0.2, -0.15) is 0 Å². The van der Waals surface area contributed by atoms with Crippen LogP contribution < -0.4 is 0 Å². The van der Waals surface area contributed by atoms with Crippen molar-refractivity contribution in [3.05, 3.63) is 142 Å². The van der Waals surface area contributed by atoms with Crippen LogP contribution in [0.15, 0.2) is 108 Å². The van der Waals surface area contributed by atoms with Crippen molar-refractivity contribution in [3.63, 3.8) is 0 Å². The second-order valence-corrected chi connectivity index (χ2v) is 7.67. The fraction of sp³-hybridized carbons (Fsp3) is 0. The van der Waals surface area contributed by atoms with Crippen molar-refractivity contribution in [3.8, 4) is 0 Å². The predicted molar refractivity (Wildman–Crippen MR) is 125 cm³/mol. The molecule has 0 amide bonds. The zero-order chi connectivity index (χ0) is 22.1. The lowest BCUT2D eigenvalue weighted by Gasteiger charge is -2.16. The van der Waals surface area contributed by atoms with Crippen LogP contribution >= 0.6 is 0 Å². The van der Waals surface area contributed by atoms with E-state index in [1.807, 2.05) is 48.6 Å². The third-order valence-corrected chi connectivity index (χ3v) is 5.58. The van der Waals surface area contributed by atoms with Crippen LogP contribution in [0.1, 0.15) is 22.3 Å². The van der Waals surface area contributed by atoms with Gasteiger partial charge in [0, 0.05) is 11.1 Å². The molecule has 1 nitrogen and oxygen atoms in total. The topological polar surface area (TPSA) is 17.1 Å². The number of fused-ring (bicyclic) bond motifs is 3. The molecule has 0 heterocycles. The number of benzene rings is 3. The molecule has 0 saturated carbocycles. The molecule has 0 fully saturated rings. The molecule has 3 aromatic carbocycles. The summed E-state index contributed by atoms with van der Waals surface area (Å²) in [5.74, 6) is -0.660. The Morgan fingerprint density at radius 2 is 1.19 bits per heavy atom. The van der Waals surface area contributed by atoms with E-state index < -0.39 is 0 Å². The van der Waals surface area contributed by atoms with E-state index in [2.05, 4.69) is 0 Å². The maximum Gasteiger partial charge on any atom is 0.194 e. The molecule has 0 aliphatic heterocycles. The summed E-state index contributed by atoms with van der Waals surface area (Å²) in [5, 5.41) is 0. The van der Waals surface area contributed by atoms with Crippen LogP contribution in [0.5, 0.6) is 0 Å². The van der Waals surface area contributed by atoms with Crippen molar-refractivity contribution in [2.24, 2.45) is 0 Å². The van der Waals surface area contributed by atoms with Crippen LogP contribution in [0.4, 0.5) is 8.78 Å². The lowest BCUT2D eigenvalue weighted by atomic mass is 9.86. The molecule has 0 unspecified atom stereocenters. The van der Waals surface area contributed by atoms with Gasteiger partial charge in [-0.15, -0.1) is 0 Å². The highest BCUT2D eigenvalue weighted by Crippen LogP contribution is 2.41. The van der Waals surface area contributed by atoms with Gasteiger partial charge in [-0.1, -0.05) is 66.8 Å². The Balaban J connectivity index is 1.59. The van der Waals surface area contributed by atoms with Crippen LogP contribution in [0.25, 0.3) is 23.8 Å². The fourth-order valence-electron chi connectivity index (χ4n) is 3.92. The Labute approximate surface area is 185 Å². The standard InChI is InChI=1S/C29H18F2O/c30-23-12-6-19(7-13-23)5-11-22-17-27-25-4-2-1-3-21(25)18-28(27)29(32)26(22)16-10-20-8-14-24(31)15-9-20/h1-18H. The summed E-state index contributed by atoms with van der Waals surface area (Å²) >= 11 is 0. The minimum absolute atomic E-state index is 0.0594. The van der Waals surface area contributed by atoms with Crippen LogP contribution in [-0.4, -0.2) is 5.78 Å². The largest absolute Gasteiger partial charge is 0.289 e. The number of Topliss-reactive ketones (excluding diaryl/α,β-unsaturated/α-hetero) is 1. The van der Waals surface area contributed by atoms with Crippen molar-refractivity contribution in [2.75, 3.05) is 0 Å². The van der Waals surface area contributed by atoms with Crippen LogP contribution in [0, 0.1) is 11.6 Å². The van der Waals surface area contributed by atoms with Gasteiger partial charge >= 0.3 is 0 Å². The molecule has 0 N–H and O–H groups in total. The molecular weight excluding hydrogens is 402 g/mol. The van der Waals surface area contributed by atoms with Crippen LogP contribution in [0.3, 0.4) is 0 Å². The summed E-state index contributed by atoms with van der Waals surface area (Å²) in [4.78, 5) is 13.5. The van der Waals surface area contributed by atoms with Gasteiger partial charge in [-0.25, -0.2) is 8.78 Å². The van der Waals surface area contributed by atoms with Crippen molar-refractivity contribution in [1.82, 2.24) is 0 Å². The molecule has 0 bridgehead atoms. The molecule has 2 aliphatic carbocycles. The quantitative estimate of drug-likeness (QED) is 0.442. The minimum atomic E-state index is -0.306. The number of ketones is 1. The Morgan fingerprint density at radius 1 is 0.594 bits per heavy atom. The first-order valence-electron chi connectivity index (χ1n) is 10.3. The summed E-state index contributed by atoms with van der Waals surface area (Å²) in [6.45, 7) is 0. The average Bonchev–Trinajstić information content (AvgIpc) is 3.18. The number of carbonyl (C=O) groups excluding carboxylic acids is 1. The highest BCUT2D eigenvalue weighted by Gasteiger charge is 2.29. The van der Waals surface area contributed by atoms with Crippen LogP contribution in [0.2, 0.25) is 0 Å². The van der Waals surface area contributed by atoms with Crippen molar-refractivity contribution < 1.29 is 13.6 Å². The smallest absolute Gasteiger partial charge is 0.194 e. The predicted octanol–water partition coefficient (Wildman–Crippen LogP) is 7.05. The summed E-state index contributed by atoms with van der Waals surface area (Å²) in [5.41, 5.74) is 6.58. The maximum absolute atomic E-state index is 13.5. The molecular formula is C29H18F2O. The van der Waals surface area contributed by atoms with Gasteiger partial charge in [0.05, 0.1) is 0 Å². The number of allylic oxidation sites excluding steroid dienone is 7. The van der Waals surface area contributed by atoms with Crippen molar-refractivity contribution in [2.45, 2.75) is 0 Å². The molecule has 3 aromatic rings. The van der Waals surface area contributed by atoms with E-state index >= 15 is 0 Å². The number of hydrogen-bond donors (Lipinski definition) is 0. The summed E-state index contributed by atoms with van der Waals surface area (Å²) in [7, 11) is 0. The number of hydrogen-bond acceptors (Lipinski definition) is 1. The van der Waals surface area contributed by atoms with Gasteiger partial charge in [0.2, 0.25) is 0 Å². The summed E-state index contributed by atoms with van der Waals surface area (Å²) < 4.78 is 26.5. The molecule has 0 spiro atoms. The average molecular weight is 420 g/mol. The Hall–Kier alpha value is -4.11. The zero-order valence-corrected chi connectivity index (χ0v) is 17.1. The number of rotatable bonds is 4. The molecule has 0 aromatic heterocycles. The van der Waals surface area contributed by atoms with E-state index in [-0.39, 0.29) is 17.4 Å². The highest BCUT2D eigenvalue weighted by molar-refractivity contribution is 6.27. The number of halogens is 2. The Morgan fingerprint density at radius 3 is 1.84 bits per heavy atom. The van der Waals surface area contributed by atoms with Gasteiger partial charge in [0.25, 0.3) is 0 Å². The molecule has 0 saturated heterocycles. The second kappa shape index (κ2) is 8.20. The summed E-state index contributed by atoms with van der Waals surface area (Å²) in [6, 6.07) is 20.2. The van der Waals surface area contributed by atoms with Gasteiger partial charge in [-0.05, 0) is 75.9 Å². The molecule has 2 aliphatic rings. The van der Waals surface area contributed by atoms with E-state index in [0.717, 1.165) is 33.4 Å². The molecule has 0 radical (unpaired) electrons. The Bertz CT molecular complexity index is 1370. The number of carbonyl (C=O) groups is 1. The minimum Gasteiger partial charge on any atom is -0.289 e. The third kappa shape index (κ3) is 3.81. The van der Waals surface area contributed by atoms with Gasteiger partial charge in [-0.3, -0.25) is 4.79 Å². The fourth-order valence-corrected chi connectivity index (χ4v) is 3.92. The maximum atomic E-state index is 13.5. The monoisotopic (exact) mass is 420 g/mol. The first kappa shape index (κ1) is 19.8.